The van der Waals surface area contributed by atoms with Gasteiger partial charge >= 0.3 is 0 Å². The van der Waals surface area contributed by atoms with Crippen molar-refractivity contribution in [3.05, 3.63) is 52.8 Å². The van der Waals surface area contributed by atoms with Gasteiger partial charge in [0.2, 0.25) is 5.91 Å². The number of hydrogen-bond donors (Lipinski definition) is 1. The first-order chi connectivity index (χ1) is 10.0. The number of nitrogens with zero attached hydrogens (tertiary/aromatic N) is 1. The molecule has 1 aromatic heterocycles. The molecule has 1 aliphatic heterocycles. The van der Waals surface area contributed by atoms with E-state index in [0.717, 1.165) is 4.90 Å². The molecular formula is C15H10Cl2N2O2. The smallest absolute Gasteiger partial charge is 0.267 e. The van der Waals surface area contributed by atoms with Crippen molar-refractivity contribution in [3.63, 3.8) is 0 Å². The number of aromatic nitrogens is 1. The Kier molecular flexibility index (Phi) is 3.35. The molecule has 0 bridgehead atoms. The van der Waals surface area contributed by atoms with Crippen LogP contribution in [0.3, 0.4) is 0 Å². The Hall–Kier alpha value is -2.04. The van der Waals surface area contributed by atoms with E-state index in [4.69, 9.17) is 23.2 Å². The van der Waals surface area contributed by atoms with Crippen LogP contribution >= 0.6 is 23.2 Å². The first kappa shape index (κ1) is 13.9. The zero-order chi connectivity index (χ0) is 15.1. The summed E-state index contributed by atoms with van der Waals surface area (Å²) in [5, 5.41) is 0.724. The maximum Gasteiger partial charge on any atom is 0.267 e. The number of benzene rings is 1. The van der Waals surface area contributed by atoms with Crippen molar-refractivity contribution < 1.29 is 9.59 Å². The normalized spacial score (nSPS) is 16.1. The molecule has 1 N–H and O–H groups in total. The Morgan fingerprint density at radius 3 is 2.67 bits per heavy atom. The highest BCUT2D eigenvalue weighted by Crippen LogP contribution is 2.42. The van der Waals surface area contributed by atoms with Crippen LogP contribution in [0.15, 0.2) is 36.5 Å². The van der Waals surface area contributed by atoms with E-state index in [1.807, 2.05) is 0 Å². The van der Waals surface area contributed by atoms with E-state index in [1.165, 1.54) is 6.92 Å². The molecule has 6 heteroatoms. The largest absolute Gasteiger partial charge is 0.360 e. The van der Waals surface area contributed by atoms with Gasteiger partial charge in [0.1, 0.15) is 0 Å². The number of imide groups is 1. The van der Waals surface area contributed by atoms with Crippen molar-refractivity contribution in [2.75, 3.05) is 4.90 Å². The number of carbonyl (C=O) groups excluding carboxylic acids is 2. The number of aromatic amines is 1. The minimum absolute atomic E-state index is 0.275. The van der Waals surface area contributed by atoms with E-state index >= 15 is 0 Å². The average molecular weight is 321 g/mol. The summed E-state index contributed by atoms with van der Waals surface area (Å²) in [4.78, 5) is 28.4. The third-order valence-corrected chi connectivity index (χ3v) is 3.88. The topological polar surface area (TPSA) is 53.2 Å². The number of anilines is 1. The quantitative estimate of drug-likeness (QED) is 0.815. The van der Waals surface area contributed by atoms with Gasteiger partial charge in [-0.15, -0.1) is 0 Å². The molecule has 2 amide bonds. The molecule has 0 fully saturated rings. The molecule has 21 heavy (non-hydrogen) atoms. The van der Waals surface area contributed by atoms with Crippen LogP contribution in [0.4, 0.5) is 5.69 Å². The lowest BCUT2D eigenvalue weighted by Gasteiger charge is -2.12. The van der Waals surface area contributed by atoms with Gasteiger partial charge in [0, 0.05) is 23.7 Å². The van der Waals surface area contributed by atoms with Gasteiger partial charge < -0.3 is 4.98 Å². The van der Waals surface area contributed by atoms with E-state index in [9.17, 15) is 9.59 Å². The van der Waals surface area contributed by atoms with Crippen molar-refractivity contribution in [3.8, 4) is 0 Å². The second-order valence-electron chi connectivity index (χ2n) is 4.59. The van der Waals surface area contributed by atoms with Crippen LogP contribution in [-0.4, -0.2) is 16.8 Å². The summed E-state index contributed by atoms with van der Waals surface area (Å²) in [6.45, 7) is 1.33. The number of nitrogens with one attached hydrogen (secondary N) is 1. The monoisotopic (exact) mass is 320 g/mol. The van der Waals surface area contributed by atoms with Gasteiger partial charge in [0.05, 0.1) is 22.0 Å². The van der Waals surface area contributed by atoms with Crippen molar-refractivity contribution in [1.82, 2.24) is 4.98 Å². The first-order valence-electron chi connectivity index (χ1n) is 6.19. The second-order valence-corrected chi connectivity index (χ2v) is 5.41. The molecule has 1 aromatic carbocycles. The average Bonchev–Trinajstić information content (AvgIpc) is 3.02. The summed E-state index contributed by atoms with van der Waals surface area (Å²) in [6.07, 6.45) is 1.71. The molecule has 4 nitrogen and oxygen atoms in total. The fourth-order valence-corrected chi connectivity index (χ4v) is 2.83. The van der Waals surface area contributed by atoms with Gasteiger partial charge in [-0.05, 0) is 24.3 Å². The van der Waals surface area contributed by atoms with E-state index in [2.05, 4.69) is 4.98 Å². The summed E-state index contributed by atoms with van der Waals surface area (Å²) in [6, 6.07) is 8.48. The number of hydrogen-bond acceptors (Lipinski definition) is 2. The number of halogens is 2. The van der Waals surface area contributed by atoms with Crippen LogP contribution in [0.1, 0.15) is 18.2 Å². The Morgan fingerprint density at radius 2 is 2.05 bits per heavy atom. The lowest BCUT2D eigenvalue weighted by atomic mass is 10.1. The van der Waals surface area contributed by atoms with Crippen molar-refractivity contribution in [2.24, 2.45) is 0 Å². The predicted octanol–water partition coefficient (Wildman–Crippen LogP) is 3.67. The fourth-order valence-electron chi connectivity index (χ4n) is 2.36. The van der Waals surface area contributed by atoms with E-state index in [1.54, 1.807) is 36.5 Å². The van der Waals surface area contributed by atoms with Crippen LogP contribution in [0.5, 0.6) is 0 Å². The number of H-pyrrole nitrogens is 1. The third kappa shape index (κ3) is 2.17. The zero-order valence-electron chi connectivity index (χ0n) is 11.0. The van der Waals surface area contributed by atoms with Crippen molar-refractivity contribution >= 4 is 51.3 Å². The lowest BCUT2D eigenvalue weighted by Crippen LogP contribution is -2.31. The minimum Gasteiger partial charge on any atom is -0.360 e. The van der Waals surface area contributed by atoms with Crippen LogP contribution in [0.2, 0.25) is 5.02 Å². The number of rotatable bonds is 1. The van der Waals surface area contributed by atoms with Gasteiger partial charge in [0.15, 0.2) is 0 Å². The summed E-state index contributed by atoms with van der Waals surface area (Å²) in [7, 11) is 0. The van der Waals surface area contributed by atoms with Gasteiger partial charge in [-0.2, -0.15) is 0 Å². The van der Waals surface area contributed by atoms with Gasteiger partial charge in [0.25, 0.3) is 5.91 Å². The summed E-state index contributed by atoms with van der Waals surface area (Å²) in [5.41, 5.74) is 1.96. The minimum atomic E-state index is -0.445. The van der Waals surface area contributed by atoms with E-state index < -0.39 is 5.91 Å². The molecule has 106 valence electrons. The summed E-state index contributed by atoms with van der Waals surface area (Å²) < 4.78 is 0. The van der Waals surface area contributed by atoms with Crippen molar-refractivity contribution in [2.45, 2.75) is 6.92 Å². The molecule has 0 saturated heterocycles. The van der Waals surface area contributed by atoms with Gasteiger partial charge in [-0.25, -0.2) is 4.90 Å². The first-order valence-corrected chi connectivity index (χ1v) is 6.95. The SMILES string of the molecule is CC(=O)N1C(=O)C(=C(Cl)c2ccc[nH]2)c2ccc(Cl)cc21. The second kappa shape index (κ2) is 5.06. The highest BCUT2D eigenvalue weighted by molar-refractivity contribution is 6.60. The maximum absolute atomic E-state index is 12.6. The number of carbonyl (C=O) groups is 2. The number of fused-ring (bicyclic) bond motifs is 1. The summed E-state index contributed by atoms with van der Waals surface area (Å²) >= 11 is 12.3. The molecule has 1 aliphatic rings. The molecule has 0 atom stereocenters. The Labute approximate surface area is 131 Å². The number of amides is 2. The van der Waals surface area contributed by atoms with Crippen LogP contribution in [-0.2, 0) is 9.59 Å². The van der Waals surface area contributed by atoms with Crippen molar-refractivity contribution in [1.29, 1.82) is 0 Å². The lowest BCUT2D eigenvalue weighted by molar-refractivity contribution is -0.122. The van der Waals surface area contributed by atoms with Crippen LogP contribution < -0.4 is 4.90 Å². The predicted molar refractivity (Wildman–Crippen MR) is 83.1 cm³/mol. The Morgan fingerprint density at radius 1 is 1.29 bits per heavy atom. The fraction of sp³-hybridized carbons (Fsp3) is 0.0667. The molecule has 0 unspecified atom stereocenters. The molecule has 0 radical (unpaired) electrons. The maximum atomic E-state index is 12.6. The van der Waals surface area contributed by atoms with Gasteiger partial charge in [-0.1, -0.05) is 29.3 Å². The van der Waals surface area contributed by atoms with Crippen LogP contribution in [0, 0.1) is 0 Å². The molecule has 2 heterocycles. The molecule has 0 spiro atoms. The van der Waals surface area contributed by atoms with Gasteiger partial charge in [-0.3, -0.25) is 9.59 Å². The molecular weight excluding hydrogens is 311 g/mol. The van der Waals surface area contributed by atoms with E-state index in [-0.39, 0.29) is 10.9 Å². The highest BCUT2D eigenvalue weighted by atomic mass is 35.5. The molecule has 0 aliphatic carbocycles. The Bertz CT molecular complexity index is 779. The third-order valence-electron chi connectivity index (χ3n) is 3.26. The summed E-state index contributed by atoms with van der Waals surface area (Å²) in [5.74, 6) is -0.825. The molecule has 2 aromatic rings. The zero-order valence-corrected chi connectivity index (χ0v) is 12.5. The standard InChI is InChI=1S/C15H10Cl2N2O2/c1-8(20)19-12-7-9(16)4-5-10(12)13(15(19)21)14(17)11-3-2-6-18-11/h2-7,18H,1H3. The Balaban J connectivity index is 2.28. The molecule has 0 saturated carbocycles. The molecule has 3 rings (SSSR count). The van der Waals surface area contributed by atoms with Crippen LogP contribution in [0.25, 0.3) is 10.6 Å². The van der Waals surface area contributed by atoms with E-state index in [0.29, 0.717) is 27.5 Å². The highest BCUT2D eigenvalue weighted by Gasteiger charge is 2.37.